The van der Waals surface area contributed by atoms with Crippen LogP contribution in [0.1, 0.15) is 32.1 Å². The molecule has 0 aromatic heterocycles. The van der Waals surface area contributed by atoms with E-state index in [0.717, 1.165) is 18.8 Å². The summed E-state index contributed by atoms with van der Waals surface area (Å²) in [6.45, 7) is 0. The minimum atomic E-state index is -0.102. The molecule has 0 amide bonds. The van der Waals surface area contributed by atoms with Crippen molar-refractivity contribution in [2.75, 3.05) is 7.11 Å². The highest BCUT2D eigenvalue weighted by Crippen LogP contribution is 2.30. The molecular formula is C10H16O2. The van der Waals surface area contributed by atoms with E-state index in [1.807, 2.05) is 0 Å². The van der Waals surface area contributed by atoms with E-state index in [4.69, 9.17) is 0 Å². The molecule has 2 heteroatoms. The van der Waals surface area contributed by atoms with Crippen LogP contribution in [0.3, 0.4) is 0 Å². The van der Waals surface area contributed by atoms with E-state index >= 15 is 0 Å². The molecular weight excluding hydrogens is 152 g/mol. The molecule has 2 nitrogen and oxygen atoms in total. The maximum Gasteiger partial charge on any atom is 0.305 e. The fourth-order valence-corrected chi connectivity index (χ4v) is 1.04. The molecule has 0 radical (unpaired) electrons. The van der Waals surface area contributed by atoms with Gasteiger partial charge in [0.1, 0.15) is 0 Å². The van der Waals surface area contributed by atoms with Crippen molar-refractivity contribution in [2.24, 2.45) is 5.92 Å². The predicted molar refractivity (Wildman–Crippen MR) is 47.7 cm³/mol. The zero-order valence-electron chi connectivity index (χ0n) is 7.58. The van der Waals surface area contributed by atoms with E-state index in [9.17, 15) is 4.79 Å². The zero-order chi connectivity index (χ0) is 8.81. The Morgan fingerprint density at radius 1 is 1.58 bits per heavy atom. The van der Waals surface area contributed by atoms with Gasteiger partial charge in [0.15, 0.2) is 0 Å². The Morgan fingerprint density at radius 3 is 2.92 bits per heavy atom. The van der Waals surface area contributed by atoms with Gasteiger partial charge < -0.3 is 4.74 Å². The number of allylic oxidation sites excluding steroid dienone is 2. The summed E-state index contributed by atoms with van der Waals surface area (Å²) in [4.78, 5) is 10.7. The summed E-state index contributed by atoms with van der Waals surface area (Å²) in [5.74, 6) is 0.748. The highest BCUT2D eigenvalue weighted by atomic mass is 16.5. The molecule has 1 fully saturated rings. The number of esters is 1. The molecule has 0 heterocycles. The third-order valence-electron chi connectivity index (χ3n) is 2.01. The average molecular weight is 168 g/mol. The predicted octanol–water partition coefficient (Wildman–Crippen LogP) is 2.30. The van der Waals surface area contributed by atoms with Gasteiger partial charge in [-0.15, -0.1) is 0 Å². The topological polar surface area (TPSA) is 26.3 Å². The molecule has 0 atom stereocenters. The Bertz CT molecular complexity index is 169. The second-order valence-electron chi connectivity index (χ2n) is 3.23. The van der Waals surface area contributed by atoms with E-state index in [0.29, 0.717) is 6.42 Å². The number of carbonyl (C=O) groups excluding carboxylic acids is 1. The molecule has 1 rings (SSSR count). The minimum absolute atomic E-state index is 0.102. The number of methoxy groups -OCH3 is 1. The van der Waals surface area contributed by atoms with Crippen molar-refractivity contribution < 1.29 is 9.53 Å². The van der Waals surface area contributed by atoms with Gasteiger partial charge in [0.05, 0.1) is 7.11 Å². The number of unbranched alkanes of at least 4 members (excludes halogenated alkanes) is 1. The Balaban J connectivity index is 1.91. The summed E-state index contributed by atoms with van der Waals surface area (Å²) < 4.78 is 4.53. The van der Waals surface area contributed by atoms with Crippen molar-refractivity contribution in [3.63, 3.8) is 0 Å². The summed E-state index contributed by atoms with van der Waals surface area (Å²) in [7, 11) is 1.43. The highest BCUT2D eigenvalue weighted by Gasteiger charge is 2.16. The summed E-state index contributed by atoms with van der Waals surface area (Å²) in [5.41, 5.74) is 0. The molecule has 0 saturated heterocycles. The largest absolute Gasteiger partial charge is 0.469 e. The molecule has 0 N–H and O–H groups in total. The molecule has 0 spiro atoms. The molecule has 68 valence electrons. The third-order valence-corrected chi connectivity index (χ3v) is 2.01. The Kier molecular flexibility index (Phi) is 3.85. The van der Waals surface area contributed by atoms with Crippen LogP contribution in [0.25, 0.3) is 0 Å². The number of hydrogen-bond acceptors (Lipinski definition) is 2. The fourth-order valence-electron chi connectivity index (χ4n) is 1.04. The van der Waals surface area contributed by atoms with Crippen LogP contribution in [0.2, 0.25) is 0 Å². The summed E-state index contributed by atoms with van der Waals surface area (Å²) in [5, 5.41) is 0. The van der Waals surface area contributed by atoms with Crippen LogP contribution >= 0.6 is 0 Å². The first-order chi connectivity index (χ1) is 5.83. The van der Waals surface area contributed by atoms with Crippen LogP contribution in [-0.2, 0) is 9.53 Å². The van der Waals surface area contributed by atoms with Crippen LogP contribution < -0.4 is 0 Å². The van der Waals surface area contributed by atoms with Crippen molar-refractivity contribution in [3.8, 4) is 0 Å². The molecule has 0 bridgehead atoms. The Hall–Kier alpha value is -0.790. The second kappa shape index (κ2) is 4.96. The van der Waals surface area contributed by atoms with Gasteiger partial charge >= 0.3 is 5.97 Å². The third kappa shape index (κ3) is 4.16. The van der Waals surface area contributed by atoms with Crippen LogP contribution in [-0.4, -0.2) is 13.1 Å². The van der Waals surface area contributed by atoms with Gasteiger partial charge in [0.2, 0.25) is 0 Å². The zero-order valence-corrected chi connectivity index (χ0v) is 7.58. The summed E-state index contributed by atoms with van der Waals surface area (Å²) >= 11 is 0. The number of ether oxygens (including phenoxy) is 1. The van der Waals surface area contributed by atoms with Gasteiger partial charge in [-0.05, 0) is 31.6 Å². The number of carbonyl (C=O) groups is 1. The van der Waals surface area contributed by atoms with Gasteiger partial charge in [0.25, 0.3) is 0 Å². The van der Waals surface area contributed by atoms with Gasteiger partial charge in [-0.25, -0.2) is 0 Å². The molecule has 0 aliphatic heterocycles. The van der Waals surface area contributed by atoms with E-state index in [-0.39, 0.29) is 5.97 Å². The minimum Gasteiger partial charge on any atom is -0.469 e. The SMILES string of the molecule is COC(=O)CCCC=CC1CC1. The van der Waals surface area contributed by atoms with Crippen molar-refractivity contribution in [2.45, 2.75) is 32.1 Å². The molecule has 1 aliphatic carbocycles. The lowest BCUT2D eigenvalue weighted by molar-refractivity contribution is -0.140. The molecule has 0 aromatic rings. The Morgan fingerprint density at radius 2 is 2.33 bits per heavy atom. The van der Waals surface area contributed by atoms with Gasteiger partial charge in [-0.1, -0.05) is 12.2 Å². The van der Waals surface area contributed by atoms with E-state index in [2.05, 4.69) is 16.9 Å². The van der Waals surface area contributed by atoms with Crippen LogP contribution in [0.4, 0.5) is 0 Å². The lowest BCUT2D eigenvalue weighted by Crippen LogP contribution is -1.98. The first-order valence-corrected chi connectivity index (χ1v) is 4.56. The quantitative estimate of drug-likeness (QED) is 0.357. The van der Waals surface area contributed by atoms with Crippen LogP contribution in [0.5, 0.6) is 0 Å². The lowest BCUT2D eigenvalue weighted by atomic mass is 10.2. The molecule has 0 aromatic carbocycles. The van der Waals surface area contributed by atoms with Crippen LogP contribution in [0, 0.1) is 5.92 Å². The smallest absolute Gasteiger partial charge is 0.305 e. The normalized spacial score (nSPS) is 16.8. The van der Waals surface area contributed by atoms with Crippen molar-refractivity contribution >= 4 is 5.97 Å². The highest BCUT2D eigenvalue weighted by molar-refractivity contribution is 5.68. The van der Waals surface area contributed by atoms with E-state index in [1.165, 1.54) is 20.0 Å². The number of rotatable bonds is 5. The summed E-state index contributed by atoms with van der Waals surface area (Å²) in [6, 6.07) is 0. The van der Waals surface area contributed by atoms with E-state index in [1.54, 1.807) is 0 Å². The molecule has 1 aliphatic rings. The summed E-state index contributed by atoms with van der Waals surface area (Å²) in [6.07, 6.45) is 9.62. The molecule has 0 unspecified atom stereocenters. The Labute approximate surface area is 73.6 Å². The van der Waals surface area contributed by atoms with Gasteiger partial charge in [-0.2, -0.15) is 0 Å². The lowest BCUT2D eigenvalue weighted by Gasteiger charge is -1.95. The second-order valence-corrected chi connectivity index (χ2v) is 3.23. The first-order valence-electron chi connectivity index (χ1n) is 4.56. The van der Waals surface area contributed by atoms with Crippen molar-refractivity contribution in [1.82, 2.24) is 0 Å². The molecule has 1 saturated carbocycles. The maximum absolute atomic E-state index is 10.7. The molecule has 12 heavy (non-hydrogen) atoms. The number of hydrogen-bond donors (Lipinski definition) is 0. The maximum atomic E-state index is 10.7. The van der Waals surface area contributed by atoms with Crippen LogP contribution in [0.15, 0.2) is 12.2 Å². The monoisotopic (exact) mass is 168 g/mol. The average Bonchev–Trinajstić information content (AvgIpc) is 2.87. The standard InChI is InChI=1S/C10H16O2/c1-12-10(11)6-4-2-3-5-9-7-8-9/h3,5,9H,2,4,6-8H2,1H3. The first kappa shape index (κ1) is 9.30. The fraction of sp³-hybridized carbons (Fsp3) is 0.700. The van der Waals surface area contributed by atoms with E-state index < -0.39 is 0 Å². The van der Waals surface area contributed by atoms with Crippen molar-refractivity contribution in [3.05, 3.63) is 12.2 Å². The van der Waals surface area contributed by atoms with Crippen molar-refractivity contribution in [1.29, 1.82) is 0 Å². The van der Waals surface area contributed by atoms with Gasteiger partial charge in [-0.3, -0.25) is 4.79 Å². The van der Waals surface area contributed by atoms with Gasteiger partial charge in [0, 0.05) is 6.42 Å².